The highest BCUT2D eigenvalue weighted by atomic mass is 16.1. The van der Waals surface area contributed by atoms with Gasteiger partial charge in [0.15, 0.2) is 0 Å². The smallest absolute Gasteiger partial charge is 0.223 e. The van der Waals surface area contributed by atoms with Crippen LogP contribution in [0, 0.1) is 0 Å². The van der Waals surface area contributed by atoms with Crippen LogP contribution in [-0.4, -0.2) is 12.5 Å². The van der Waals surface area contributed by atoms with Gasteiger partial charge in [0.1, 0.15) is 6.54 Å². The third-order valence-electron chi connectivity index (χ3n) is 0.290. The van der Waals surface area contributed by atoms with Crippen molar-refractivity contribution in [3.8, 4) is 0 Å². The van der Waals surface area contributed by atoms with E-state index in [9.17, 15) is 4.79 Å². The molecule has 0 rings (SSSR count). The van der Waals surface area contributed by atoms with Crippen molar-refractivity contribution in [1.82, 2.24) is 0 Å². The number of hydrogen-bond donors (Lipinski definition) is 1. The molecule has 0 saturated heterocycles. The van der Waals surface area contributed by atoms with Crippen molar-refractivity contribution in [2.24, 2.45) is 10.8 Å². The third-order valence-corrected chi connectivity index (χ3v) is 0.290. The zero-order valence-electron chi connectivity index (χ0n) is 3.53. The number of rotatable bonds is 2. The average Bonchev–Trinajstić information content (AvgIpc) is 1.61. The Balaban J connectivity index is 0. The molecule has 0 aromatic carbocycles. The van der Waals surface area contributed by atoms with E-state index in [1.54, 1.807) is 0 Å². The summed E-state index contributed by atoms with van der Waals surface area (Å²) in [4.78, 5) is 12.0. The summed E-state index contributed by atoms with van der Waals surface area (Å²) in [5, 5.41) is 2.88. The van der Waals surface area contributed by atoms with E-state index in [1.807, 2.05) is 0 Å². The molecule has 0 unspecified atom stereocenters. The first kappa shape index (κ1) is 5.78. The Kier molecular flexibility index (Phi) is 2.47. The summed E-state index contributed by atoms with van der Waals surface area (Å²) in [6.07, 6.45) is 0. The molecule has 5 nitrogen and oxygen atoms in total. The summed E-state index contributed by atoms with van der Waals surface area (Å²) in [5.74, 6) is -0.613. The lowest BCUT2D eigenvalue weighted by Gasteiger charge is -1.75. The molecular formula is C2H6N4O. The van der Waals surface area contributed by atoms with Crippen LogP contribution in [0.3, 0.4) is 0 Å². The SMILES string of the molecule is [2HH].[N-]=[N+]=NCC(N)=O. The van der Waals surface area contributed by atoms with Gasteiger partial charge in [0.05, 0.1) is 0 Å². The van der Waals surface area contributed by atoms with Crippen molar-refractivity contribution < 1.29 is 6.22 Å². The molecular weight excluding hydrogens is 96.0 g/mol. The molecule has 2 N–H and O–H groups in total. The van der Waals surface area contributed by atoms with Crippen molar-refractivity contribution in [3.05, 3.63) is 10.4 Å². The van der Waals surface area contributed by atoms with Crippen LogP contribution in [0.2, 0.25) is 0 Å². The van der Waals surface area contributed by atoms with Crippen LogP contribution in [0.25, 0.3) is 10.4 Å². The second-order valence-corrected chi connectivity index (χ2v) is 0.855. The number of amides is 1. The van der Waals surface area contributed by atoms with E-state index in [0.29, 0.717) is 0 Å². The van der Waals surface area contributed by atoms with Gasteiger partial charge in [-0.2, -0.15) is 0 Å². The fraction of sp³-hybridized carbons (Fsp3) is 0.500. The van der Waals surface area contributed by atoms with Crippen LogP contribution in [0.4, 0.5) is 0 Å². The van der Waals surface area contributed by atoms with Crippen LogP contribution >= 0.6 is 0 Å². The molecule has 0 aromatic rings. The Morgan fingerprint density at radius 1 is 2.14 bits per heavy atom. The molecule has 0 bridgehead atoms. The highest BCUT2D eigenvalue weighted by Crippen LogP contribution is 1.64. The van der Waals surface area contributed by atoms with Gasteiger partial charge in [-0.15, -0.1) is 0 Å². The van der Waals surface area contributed by atoms with Crippen molar-refractivity contribution >= 4 is 5.91 Å². The maximum absolute atomic E-state index is 9.72. The molecule has 1 amide bonds. The molecule has 5 heteroatoms. The van der Waals surface area contributed by atoms with Gasteiger partial charge >= 0.3 is 0 Å². The van der Waals surface area contributed by atoms with Crippen LogP contribution < -0.4 is 5.73 Å². The van der Waals surface area contributed by atoms with Gasteiger partial charge in [0.2, 0.25) is 5.91 Å². The Hall–Kier alpha value is -1.22. The Bertz CT molecular complexity index is 117. The summed E-state index contributed by atoms with van der Waals surface area (Å²) in [7, 11) is 0. The fourth-order valence-electron chi connectivity index (χ4n) is 0.101. The minimum absolute atomic E-state index is 0. The molecule has 0 heterocycles. The molecule has 0 aromatic heterocycles. The topological polar surface area (TPSA) is 91.8 Å². The minimum atomic E-state index is -0.613. The number of nitrogens with zero attached hydrogens (tertiary/aromatic N) is 3. The van der Waals surface area contributed by atoms with E-state index < -0.39 is 5.91 Å². The van der Waals surface area contributed by atoms with Crippen LogP contribution in [-0.2, 0) is 4.79 Å². The molecule has 0 aliphatic carbocycles. The maximum atomic E-state index is 9.72. The van der Waals surface area contributed by atoms with Crippen LogP contribution in [0.5, 0.6) is 0 Å². The number of carbonyl (C=O) groups is 1. The third kappa shape index (κ3) is 4.78. The molecule has 0 atom stereocenters. The zero-order chi connectivity index (χ0) is 5.70. The van der Waals surface area contributed by atoms with Crippen LogP contribution in [0.15, 0.2) is 5.11 Å². The predicted molar refractivity (Wildman–Crippen MR) is 25.3 cm³/mol. The second kappa shape index (κ2) is 2.99. The van der Waals surface area contributed by atoms with Gasteiger partial charge in [0, 0.05) is 6.34 Å². The van der Waals surface area contributed by atoms with Crippen molar-refractivity contribution in [3.63, 3.8) is 0 Å². The number of hydrogen-bond acceptors (Lipinski definition) is 2. The summed E-state index contributed by atoms with van der Waals surface area (Å²) >= 11 is 0. The molecule has 0 aliphatic rings. The van der Waals surface area contributed by atoms with Gasteiger partial charge < -0.3 is 5.73 Å². The fourth-order valence-corrected chi connectivity index (χ4v) is 0.101. The predicted octanol–water partition coefficient (Wildman–Crippen LogP) is 0.0280. The van der Waals surface area contributed by atoms with E-state index in [-0.39, 0.29) is 7.97 Å². The first-order chi connectivity index (χ1) is 3.27. The summed E-state index contributed by atoms with van der Waals surface area (Å²) in [6, 6.07) is 0. The van der Waals surface area contributed by atoms with E-state index in [2.05, 4.69) is 15.8 Å². The van der Waals surface area contributed by atoms with Crippen LogP contribution in [0.1, 0.15) is 1.43 Å². The highest BCUT2D eigenvalue weighted by molar-refractivity contribution is 5.75. The van der Waals surface area contributed by atoms with Crippen molar-refractivity contribution in [1.29, 1.82) is 0 Å². The first-order valence-electron chi connectivity index (χ1n) is 1.56. The minimum Gasteiger partial charge on any atom is -0.370 e. The average molecular weight is 103 g/mol. The van der Waals surface area contributed by atoms with Crippen molar-refractivity contribution in [2.45, 2.75) is 0 Å². The van der Waals surface area contributed by atoms with Gasteiger partial charge in [-0.3, -0.25) is 4.79 Å². The summed E-state index contributed by atoms with van der Waals surface area (Å²) in [5.41, 5.74) is 12.1. The maximum Gasteiger partial charge on any atom is 0.223 e. The molecule has 7 heavy (non-hydrogen) atoms. The van der Waals surface area contributed by atoms with E-state index >= 15 is 0 Å². The van der Waals surface area contributed by atoms with Gasteiger partial charge in [-0.25, -0.2) is 0 Å². The molecule has 0 spiro atoms. The Morgan fingerprint density at radius 2 is 2.71 bits per heavy atom. The van der Waals surface area contributed by atoms with Gasteiger partial charge in [-0.05, 0) is 5.53 Å². The largest absolute Gasteiger partial charge is 0.370 e. The number of nitrogens with two attached hydrogens (primary N) is 1. The molecule has 0 radical (unpaired) electrons. The normalized spacial score (nSPS) is 6.86. The standard InChI is InChI=1S/C2H4N4O.H2/c3-2(7)1-5-6-4;/h1H2,(H2,3,7);1H/i;1+1. The Labute approximate surface area is 41.2 Å². The number of carbonyl (C=O) groups excluding carboxylic acids is 1. The van der Waals surface area contributed by atoms with E-state index in [4.69, 9.17) is 5.53 Å². The number of azide groups is 1. The Morgan fingerprint density at radius 3 is 2.86 bits per heavy atom. The molecule has 0 aliphatic heterocycles. The summed E-state index contributed by atoms with van der Waals surface area (Å²) < 4.78 is 0. The number of primary amides is 1. The first-order valence-corrected chi connectivity index (χ1v) is 1.56. The molecule has 40 valence electrons. The zero-order valence-corrected chi connectivity index (χ0v) is 3.53. The highest BCUT2D eigenvalue weighted by Gasteiger charge is 1.83. The molecule has 0 saturated carbocycles. The lowest BCUT2D eigenvalue weighted by atomic mass is 10.7. The van der Waals surface area contributed by atoms with Crippen molar-refractivity contribution in [2.75, 3.05) is 6.54 Å². The summed E-state index contributed by atoms with van der Waals surface area (Å²) in [6.45, 7) is -0.253. The molecule has 0 fully saturated rings. The quantitative estimate of drug-likeness (QED) is 0.298. The second-order valence-electron chi connectivity index (χ2n) is 0.855. The van der Waals surface area contributed by atoms with Gasteiger partial charge in [-0.1, -0.05) is 5.11 Å². The lowest BCUT2D eigenvalue weighted by Crippen LogP contribution is -2.13. The van der Waals surface area contributed by atoms with E-state index in [0.717, 1.165) is 0 Å². The lowest BCUT2D eigenvalue weighted by molar-refractivity contribution is -0.116. The monoisotopic (exact) mass is 103 g/mol. The van der Waals surface area contributed by atoms with Gasteiger partial charge in [0.25, 0.3) is 0 Å². The van der Waals surface area contributed by atoms with E-state index in [1.165, 1.54) is 0 Å².